The minimum atomic E-state index is 0.178. The molecule has 0 aliphatic carbocycles. The van der Waals surface area contributed by atoms with E-state index in [1.54, 1.807) is 11.3 Å². The number of nitrogens with one attached hydrogen (secondary N) is 1. The first-order valence-electron chi connectivity index (χ1n) is 6.29. The molecule has 0 atom stereocenters. The SMILES string of the molecule is CC(C)(C)NCCc1scnc1-c1ccccc1. The van der Waals surface area contributed by atoms with Gasteiger partial charge in [0.15, 0.2) is 0 Å². The third-order valence-corrected chi connectivity index (χ3v) is 3.59. The van der Waals surface area contributed by atoms with E-state index in [1.165, 1.54) is 10.4 Å². The number of benzene rings is 1. The van der Waals surface area contributed by atoms with Crippen LogP contribution in [-0.2, 0) is 6.42 Å². The van der Waals surface area contributed by atoms with Crippen molar-refractivity contribution in [1.82, 2.24) is 10.3 Å². The first-order valence-corrected chi connectivity index (χ1v) is 7.17. The molecule has 0 aliphatic rings. The Morgan fingerprint density at radius 2 is 1.89 bits per heavy atom. The molecular formula is C15H20N2S. The molecule has 0 fully saturated rings. The summed E-state index contributed by atoms with van der Waals surface area (Å²) in [5, 5.41) is 3.52. The number of thiazole rings is 1. The topological polar surface area (TPSA) is 24.9 Å². The number of hydrogen-bond acceptors (Lipinski definition) is 3. The van der Waals surface area contributed by atoms with Gasteiger partial charge in [0, 0.05) is 22.5 Å². The molecule has 3 heteroatoms. The van der Waals surface area contributed by atoms with Crippen molar-refractivity contribution in [2.24, 2.45) is 0 Å². The molecule has 0 saturated heterocycles. The second kappa shape index (κ2) is 5.63. The fraction of sp³-hybridized carbons (Fsp3) is 0.400. The Kier molecular flexibility index (Phi) is 4.15. The average molecular weight is 260 g/mol. The van der Waals surface area contributed by atoms with Crippen molar-refractivity contribution >= 4 is 11.3 Å². The van der Waals surface area contributed by atoms with Gasteiger partial charge < -0.3 is 5.32 Å². The van der Waals surface area contributed by atoms with Crippen molar-refractivity contribution < 1.29 is 0 Å². The van der Waals surface area contributed by atoms with E-state index in [4.69, 9.17) is 0 Å². The summed E-state index contributed by atoms with van der Waals surface area (Å²) in [7, 11) is 0. The predicted molar refractivity (Wildman–Crippen MR) is 79.0 cm³/mol. The van der Waals surface area contributed by atoms with Crippen molar-refractivity contribution in [2.45, 2.75) is 32.7 Å². The van der Waals surface area contributed by atoms with Crippen molar-refractivity contribution in [2.75, 3.05) is 6.54 Å². The molecule has 1 aromatic carbocycles. The molecule has 2 aromatic rings. The van der Waals surface area contributed by atoms with Gasteiger partial charge in [0.1, 0.15) is 0 Å². The fourth-order valence-electron chi connectivity index (χ4n) is 1.83. The highest BCUT2D eigenvalue weighted by Crippen LogP contribution is 2.25. The standard InChI is InChI=1S/C15H20N2S/c1-15(2,3)17-10-9-13-14(16-11-18-13)12-7-5-4-6-8-12/h4-8,11,17H,9-10H2,1-3H3. The highest BCUT2D eigenvalue weighted by Gasteiger charge is 2.11. The summed E-state index contributed by atoms with van der Waals surface area (Å²) in [6.45, 7) is 7.57. The lowest BCUT2D eigenvalue weighted by atomic mass is 10.1. The van der Waals surface area contributed by atoms with Crippen molar-refractivity contribution in [3.63, 3.8) is 0 Å². The summed E-state index contributed by atoms with van der Waals surface area (Å²) in [4.78, 5) is 5.85. The van der Waals surface area contributed by atoms with Crippen LogP contribution in [-0.4, -0.2) is 17.1 Å². The van der Waals surface area contributed by atoms with Crippen LogP contribution in [0.3, 0.4) is 0 Å². The molecule has 1 aromatic heterocycles. The van der Waals surface area contributed by atoms with Gasteiger partial charge in [-0.1, -0.05) is 30.3 Å². The van der Waals surface area contributed by atoms with Crippen LogP contribution in [0.25, 0.3) is 11.3 Å². The van der Waals surface area contributed by atoms with Gasteiger partial charge in [0.05, 0.1) is 11.2 Å². The zero-order valence-electron chi connectivity index (χ0n) is 11.2. The van der Waals surface area contributed by atoms with Gasteiger partial charge in [-0.2, -0.15) is 0 Å². The first kappa shape index (κ1) is 13.2. The van der Waals surface area contributed by atoms with Crippen LogP contribution < -0.4 is 5.32 Å². The van der Waals surface area contributed by atoms with Crippen LogP contribution in [0.5, 0.6) is 0 Å². The molecule has 1 heterocycles. The van der Waals surface area contributed by atoms with Gasteiger partial charge in [0.2, 0.25) is 0 Å². The van der Waals surface area contributed by atoms with E-state index in [1.807, 2.05) is 11.6 Å². The summed E-state index contributed by atoms with van der Waals surface area (Å²) in [6.07, 6.45) is 1.03. The summed E-state index contributed by atoms with van der Waals surface area (Å²) in [6, 6.07) is 10.4. The Hall–Kier alpha value is -1.19. The first-order chi connectivity index (χ1) is 8.56. The number of hydrogen-bond donors (Lipinski definition) is 1. The molecule has 0 spiro atoms. The second-order valence-corrected chi connectivity index (χ2v) is 6.36. The van der Waals surface area contributed by atoms with E-state index in [-0.39, 0.29) is 5.54 Å². The molecule has 18 heavy (non-hydrogen) atoms. The van der Waals surface area contributed by atoms with Crippen LogP contribution in [0.2, 0.25) is 0 Å². The van der Waals surface area contributed by atoms with Gasteiger partial charge in [-0.3, -0.25) is 0 Å². The maximum Gasteiger partial charge on any atom is 0.0843 e. The van der Waals surface area contributed by atoms with Crippen LogP contribution in [0, 0.1) is 0 Å². The zero-order valence-corrected chi connectivity index (χ0v) is 12.1. The largest absolute Gasteiger partial charge is 0.312 e. The van der Waals surface area contributed by atoms with Gasteiger partial charge in [0.25, 0.3) is 0 Å². The summed E-state index contributed by atoms with van der Waals surface area (Å²) in [5.41, 5.74) is 4.47. The molecule has 0 aliphatic heterocycles. The monoisotopic (exact) mass is 260 g/mol. The van der Waals surface area contributed by atoms with Crippen molar-refractivity contribution in [1.29, 1.82) is 0 Å². The molecule has 0 amide bonds. The van der Waals surface area contributed by atoms with Gasteiger partial charge in [-0.15, -0.1) is 11.3 Å². The lowest BCUT2D eigenvalue weighted by molar-refractivity contribution is 0.430. The molecule has 0 bridgehead atoms. The summed E-state index contributed by atoms with van der Waals surface area (Å²) < 4.78 is 0. The molecule has 0 saturated carbocycles. The van der Waals surface area contributed by atoms with Crippen LogP contribution >= 0.6 is 11.3 Å². The normalized spacial score (nSPS) is 11.7. The van der Waals surface area contributed by atoms with Crippen LogP contribution in [0.4, 0.5) is 0 Å². The molecule has 0 radical (unpaired) electrons. The van der Waals surface area contributed by atoms with Crippen LogP contribution in [0.15, 0.2) is 35.8 Å². The molecule has 1 N–H and O–H groups in total. The summed E-state index contributed by atoms with van der Waals surface area (Å²) >= 11 is 1.74. The number of nitrogens with zero attached hydrogens (tertiary/aromatic N) is 1. The Balaban J connectivity index is 2.05. The molecule has 0 unspecified atom stereocenters. The molecule has 2 rings (SSSR count). The predicted octanol–water partition coefficient (Wildman–Crippen LogP) is 3.74. The zero-order chi connectivity index (χ0) is 13.0. The lowest BCUT2D eigenvalue weighted by Gasteiger charge is -2.20. The van der Waals surface area contributed by atoms with E-state index in [0.717, 1.165) is 18.7 Å². The van der Waals surface area contributed by atoms with E-state index >= 15 is 0 Å². The van der Waals surface area contributed by atoms with Crippen LogP contribution in [0.1, 0.15) is 25.6 Å². The number of rotatable bonds is 4. The quantitative estimate of drug-likeness (QED) is 0.906. The highest BCUT2D eigenvalue weighted by molar-refractivity contribution is 7.10. The van der Waals surface area contributed by atoms with Gasteiger partial charge in [-0.05, 0) is 27.2 Å². The highest BCUT2D eigenvalue weighted by atomic mass is 32.1. The fourth-order valence-corrected chi connectivity index (χ4v) is 2.62. The third kappa shape index (κ3) is 3.65. The van der Waals surface area contributed by atoms with Crippen molar-refractivity contribution in [3.05, 3.63) is 40.7 Å². The molecule has 2 nitrogen and oxygen atoms in total. The number of aromatic nitrogens is 1. The smallest absolute Gasteiger partial charge is 0.0843 e. The van der Waals surface area contributed by atoms with E-state index in [0.29, 0.717) is 0 Å². The van der Waals surface area contributed by atoms with Gasteiger partial charge >= 0.3 is 0 Å². The molecule has 96 valence electrons. The minimum absolute atomic E-state index is 0.178. The minimum Gasteiger partial charge on any atom is -0.312 e. The third-order valence-electron chi connectivity index (χ3n) is 2.70. The van der Waals surface area contributed by atoms with E-state index in [2.05, 4.69) is 55.3 Å². The summed E-state index contributed by atoms with van der Waals surface area (Å²) in [5.74, 6) is 0. The Morgan fingerprint density at radius 1 is 1.17 bits per heavy atom. The van der Waals surface area contributed by atoms with E-state index < -0.39 is 0 Å². The lowest BCUT2D eigenvalue weighted by Crippen LogP contribution is -2.37. The Bertz CT molecular complexity index is 483. The average Bonchev–Trinajstić information content (AvgIpc) is 2.77. The maximum atomic E-state index is 4.49. The second-order valence-electron chi connectivity index (χ2n) is 5.42. The Labute approximate surface area is 113 Å². The van der Waals surface area contributed by atoms with Crippen molar-refractivity contribution in [3.8, 4) is 11.3 Å². The van der Waals surface area contributed by atoms with Gasteiger partial charge in [-0.25, -0.2) is 4.98 Å². The Morgan fingerprint density at radius 3 is 2.56 bits per heavy atom. The van der Waals surface area contributed by atoms with E-state index in [9.17, 15) is 0 Å². The maximum absolute atomic E-state index is 4.49. The molecular weight excluding hydrogens is 240 g/mol.